The van der Waals surface area contributed by atoms with Gasteiger partial charge in [-0.3, -0.25) is 0 Å². The molecule has 70 valence electrons. The highest BCUT2D eigenvalue weighted by Crippen LogP contribution is 2.26. The van der Waals surface area contributed by atoms with Crippen LogP contribution in [0.4, 0.5) is 0 Å². The van der Waals surface area contributed by atoms with E-state index in [1.165, 1.54) is 12.8 Å². The first-order valence-corrected chi connectivity index (χ1v) is 5.39. The summed E-state index contributed by atoms with van der Waals surface area (Å²) >= 11 is 0. The second-order valence-electron chi connectivity index (χ2n) is 2.06. The minimum atomic E-state index is -3.92. The van der Waals surface area contributed by atoms with Gasteiger partial charge in [0.05, 0.1) is 0 Å². The van der Waals surface area contributed by atoms with Crippen LogP contribution in [0.5, 0.6) is 0 Å². The Labute approximate surface area is 68.2 Å². The molecule has 0 aromatic rings. The highest BCUT2D eigenvalue weighted by Gasteiger charge is 2.07. The molecule has 0 radical (unpaired) electrons. The van der Waals surface area contributed by atoms with Crippen LogP contribution in [-0.4, -0.2) is 16.3 Å². The van der Waals surface area contributed by atoms with Crippen molar-refractivity contribution in [3.63, 3.8) is 0 Å². The van der Waals surface area contributed by atoms with Crippen LogP contribution < -0.4 is 5.09 Å². The molecule has 0 saturated carbocycles. The van der Waals surface area contributed by atoms with E-state index in [1.807, 2.05) is 5.09 Å². The molecule has 0 aromatic heterocycles. The lowest BCUT2D eigenvalue weighted by Crippen LogP contribution is -2.06. The normalized spacial score (nSPS) is 10.3. The van der Waals surface area contributed by atoms with Crippen molar-refractivity contribution in [3.8, 4) is 0 Å². The van der Waals surface area contributed by atoms with Gasteiger partial charge in [-0.15, -0.1) is 0 Å². The van der Waals surface area contributed by atoms with E-state index in [4.69, 9.17) is 9.79 Å². The summed E-state index contributed by atoms with van der Waals surface area (Å²) < 4.78 is 9.81. The van der Waals surface area contributed by atoms with Crippen LogP contribution >= 0.6 is 7.75 Å². The van der Waals surface area contributed by atoms with Crippen LogP contribution in [0.2, 0.25) is 0 Å². The average Bonchev–Trinajstić information content (AvgIpc) is 1.86. The molecule has 0 unspecified atom stereocenters. The van der Waals surface area contributed by atoms with Crippen LogP contribution in [-0.2, 0) is 4.57 Å². The van der Waals surface area contributed by atoms with Gasteiger partial charge in [0, 0.05) is 6.54 Å². The zero-order valence-corrected chi connectivity index (χ0v) is 8.27. The lowest BCUT2D eigenvalue weighted by molar-refractivity contribution is 0.359. The molecule has 0 aliphatic rings. The summed E-state index contributed by atoms with van der Waals surface area (Å²) in [5.74, 6) is 0. The van der Waals surface area contributed by atoms with Crippen LogP contribution in [0, 0.1) is 0 Å². The van der Waals surface area contributed by atoms with Gasteiger partial charge in [-0.25, -0.2) is 9.65 Å². The molecular weight excluding hydrogens is 165 g/mol. The van der Waals surface area contributed by atoms with Gasteiger partial charge in [0.1, 0.15) is 0 Å². The van der Waals surface area contributed by atoms with Crippen molar-refractivity contribution in [1.29, 1.82) is 0 Å². The summed E-state index contributed by atoms with van der Waals surface area (Å²) in [6.45, 7) is 6.28. The van der Waals surface area contributed by atoms with E-state index in [9.17, 15) is 4.57 Å². The Bertz CT molecular complexity index is 110. The van der Waals surface area contributed by atoms with Gasteiger partial charge in [0.2, 0.25) is 0 Å². The SMILES string of the molecule is CCCC.CCNP(=O)(O)O. The van der Waals surface area contributed by atoms with E-state index in [-0.39, 0.29) is 0 Å². The van der Waals surface area contributed by atoms with Gasteiger partial charge in [-0.1, -0.05) is 33.6 Å². The van der Waals surface area contributed by atoms with Crippen molar-refractivity contribution in [1.82, 2.24) is 5.09 Å². The first-order chi connectivity index (χ1) is 4.97. The molecule has 0 saturated heterocycles. The zero-order valence-electron chi connectivity index (χ0n) is 7.37. The molecule has 0 fully saturated rings. The Balaban J connectivity index is 0. The first-order valence-electron chi connectivity index (χ1n) is 3.78. The Morgan fingerprint density at radius 1 is 1.18 bits per heavy atom. The lowest BCUT2D eigenvalue weighted by atomic mass is 10.4. The van der Waals surface area contributed by atoms with Crippen LogP contribution in [0.1, 0.15) is 33.6 Å². The average molecular weight is 183 g/mol. The largest absolute Gasteiger partial charge is 0.400 e. The molecule has 0 aliphatic heterocycles. The molecule has 5 heteroatoms. The van der Waals surface area contributed by atoms with Crippen molar-refractivity contribution in [2.75, 3.05) is 6.54 Å². The standard InChI is InChI=1S/C4H10.C2H8NO3P/c1-3-4-2;1-2-3-7(4,5)6/h3-4H2,1-2H3;2H2,1H3,(H3,3,4,5,6). The highest BCUT2D eigenvalue weighted by atomic mass is 31.2. The van der Waals surface area contributed by atoms with Crippen LogP contribution in [0.3, 0.4) is 0 Å². The summed E-state index contributed by atoms with van der Waals surface area (Å²) in [6.07, 6.45) is 2.64. The third kappa shape index (κ3) is 25.5. The van der Waals surface area contributed by atoms with Crippen molar-refractivity contribution in [2.45, 2.75) is 33.6 Å². The molecule has 0 heterocycles. The third-order valence-corrected chi connectivity index (χ3v) is 1.59. The summed E-state index contributed by atoms with van der Waals surface area (Å²) in [6, 6.07) is 0. The molecule has 0 aromatic carbocycles. The van der Waals surface area contributed by atoms with Crippen LogP contribution in [0.25, 0.3) is 0 Å². The maximum atomic E-state index is 9.81. The summed E-state index contributed by atoms with van der Waals surface area (Å²) in [4.78, 5) is 16.0. The minimum Gasteiger partial charge on any atom is -0.313 e. The second kappa shape index (κ2) is 8.21. The second-order valence-corrected chi connectivity index (χ2v) is 3.46. The van der Waals surface area contributed by atoms with E-state index in [2.05, 4.69) is 13.8 Å². The summed E-state index contributed by atoms with van der Waals surface area (Å²) in [7, 11) is -3.92. The van der Waals surface area contributed by atoms with E-state index < -0.39 is 7.75 Å². The quantitative estimate of drug-likeness (QED) is 0.580. The van der Waals surface area contributed by atoms with Crippen molar-refractivity contribution >= 4 is 7.75 Å². The van der Waals surface area contributed by atoms with E-state index in [0.717, 1.165) is 0 Å². The van der Waals surface area contributed by atoms with Crippen molar-refractivity contribution in [3.05, 3.63) is 0 Å². The number of unbranched alkanes of at least 4 members (excludes halogenated alkanes) is 1. The van der Waals surface area contributed by atoms with Gasteiger partial charge in [-0.2, -0.15) is 0 Å². The zero-order chi connectivity index (χ0) is 9.33. The predicted molar refractivity (Wildman–Crippen MR) is 46.3 cm³/mol. The van der Waals surface area contributed by atoms with Gasteiger partial charge >= 0.3 is 7.75 Å². The highest BCUT2D eigenvalue weighted by molar-refractivity contribution is 7.49. The monoisotopic (exact) mass is 183 g/mol. The van der Waals surface area contributed by atoms with E-state index in [0.29, 0.717) is 6.54 Å². The van der Waals surface area contributed by atoms with Gasteiger partial charge < -0.3 is 9.79 Å². The molecule has 4 nitrogen and oxygen atoms in total. The molecule has 3 N–H and O–H groups in total. The van der Waals surface area contributed by atoms with E-state index in [1.54, 1.807) is 6.92 Å². The number of rotatable bonds is 3. The smallest absolute Gasteiger partial charge is 0.313 e. The molecule has 0 aliphatic carbocycles. The molecule has 0 bridgehead atoms. The topological polar surface area (TPSA) is 69.6 Å². The summed E-state index contributed by atoms with van der Waals surface area (Å²) in [5, 5.41) is 1.95. The Morgan fingerprint density at radius 3 is 1.55 bits per heavy atom. The Hall–Kier alpha value is 0.110. The molecule has 0 rings (SSSR count). The van der Waals surface area contributed by atoms with E-state index >= 15 is 0 Å². The number of hydrogen-bond donors (Lipinski definition) is 3. The Kier molecular flexibility index (Phi) is 10.2. The molecular formula is C6H18NO3P. The van der Waals surface area contributed by atoms with Gasteiger partial charge in [-0.05, 0) is 0 Å². The fourth-order valence-corrected chi connectivity index (χ4v) is 0.618. The predicted octanol–water partition coefficient (Wildman–Crippen LogP) is 1.49. The van der Waals surface area contributed by atoms with Gasteiger partial charge in [0.15, 0.2) is 0 Å². The number of hydrogen-bond acceptors (Lipinski definition) is 1. The summed E-state index contributed by atoms with van der Waals surface area (Å²) in [5.41, 5.74) is 0. The molecule has 11 heavy (non-hydrogen) atoms. The maximum absolute atomic E-state index is 9.81. The Morgan fingerprint density at radius 2 is 1.55 bits per heavy atom. The molecule has 0 atom stereocenters. The fraction of sp³-hybridized carbons (Fsp3) is 1.00. The van der Waals surface area contributed by atoms with Crippen molar-refractivity contribution in [2.24, 2.45) is 0 Å². The van der Waals surface area contributed by atoms with Gasteiger partial charge in [0.25, 0.3) is 0 Å². The van der Waals surface area contributed by atoms with Crippen molar-refractivity contribution < 1.29 is 14.4 Å². The molecule has 0 spiro atoms. The fourth-order valence-electron chi connectivity index (χ4n) is 0.206. The third-order valence-electron chi connectivity index (χ3n) is 0.864. The number of nitrogens with one attached hydrogen (secondary N) is 1. The molecule has 0 amide bonds. The minimum absolute atomic E-state index is 0.296. The first kappa shape index (κ1) is 13.7. The lowest BCUT2D eigenvalue weighted by Gasteiger charge is -1.99. The van der Waals surface area contributed by atoms with Crippen LogP contribution in [0.15, 0.2) is 0 Å². The maximum Gasteiger partial charge on any atom is 0.400 e.